The molecule has 0 spiro atoms. The lowest BCUT2D eigenvalue weighted by Gasteiger charge is -2.16. The Hall–Kier alpha value is -0.320. The van der Waals surface area contributed by atoms with Gasteiger partial charge >= 0.3 is 0 Å². The molecule has 1 amide bonds. The monoisotopic (exact) mass is 193 g/mol. The van der Waals surface area contributed by atoms with E-state index in [0.29, 0.717) is 6.42 Å². The third kappa shape index (κ3) is 3.38. The summed E-state index contributed by atoms with van der Waals surface area (Å²) in [4.78, 5) is 11.2. The van der Waals surface area contributed by atoms with Gasteiger partial charge in [0.25, 0.3) is 0 Å². The first-order chi connectivity index (χ1) is 5.20. The smallest absolute Gasteiger partial charge is 0.238 e. The van der Waals surface area contributed by atoms with Crippen molar-refractivity contribution in [2.45, 2.75) is 25.8 Å². The maximum absolute atomic E-state index is 11.2. The van der Waals surface area contributed by atoms with E-state index in [1.54, 1.807) is 5.01 Å². The Morgan fingerprint density at radius 3 is 2.83 bits per heavy atom. The molecular weight excluding hydrogens is 178 g/mol. The number of halogens is 1. The van der Waals surface area contributed by atoms with Crippen molar-refractivity contribution in [2.75, 3.05) is 13.1 Å². The fourth-order valence-corrected chi connectivity index (χ4v) is 1.13. The molecule has 0 radical (unpaired) electrons. The molecule has 1 fully saturated rings. The molecule has 1 rings (SSSR count). The van der Waals surface area contributed by atoms with Crippen molar-refractivity contribution >= 4 is 18.3 Å². The summed E-state index contributed by atoms with van der Waals surface area (Å²) in [7, 11) is 0. The Kier molecular flexibility index (Phi) is 5.20. The van der Waals surface area contributed by atoms with Gasteiger partial charge in [0.2, 0.25) is 5.91 Å². The molecule has 4 nitrogen and oxygen atoms in total. The lowest BCUT2D eigenvalue weighted by Crippen LogP contribution is -2.39. The van der Waals surface area contributed by atoms with Crippen LogP contribution in [0.25, 0.3) is 0 Å². The van der Waals surface area contributed by atoms with E-state index in [-0.39, 0.29) is 24.4 Å². The predicted molar refractivity (Wildman–Crippen MR) is 49.8 cm³/mol. The van der Waals surface area contributed by atoms with E-state index in [1.807, 2.05) is 6.92 Å². The lowest BCUT2D eigenvalue weighted by atomic mass is 10.2. The summed E-state index contributed by atoms with van der Waals surface area (Å²) in [5.41, 5.74) is 8.48. The van der Waals surface area contributed by atoms with Gasteiger partial charge in [-0.2, -0.15) is 0 Å². The van der Waals surface area contributed by atoms with E-state index in [4.69, 9.17) is 5.73 Å². The SMILES string of the molecule is CC(N)CC(=O)N1CCCN1.Cl. The van der Waals surface area contributed by atoms with Crippen LogP contribution < -0.4 is 11.2 Å². The van der Waals surface area contributed by atoms with Crippen LogP contribution in [0.5, 0.6) is 0 Å². The van der Waals surface area contributed by atoms with Crippen molar-refractivity contribution in [3.05, 3.63) is 0 Å². The van der Waals surface area contributed by atoms with Gasteiger partial charge in [-0.05, 0) is 13.3 Å². The third-order valence-electron chi connectivity index (χ3n) is 1.66. The number of amides is 1. The molecule has 72 valence electrons. The van der Waals surface area contributed by atoms with Crippen molar-refractivity contribution in [3.63, 3.8) is 0 Å². The Bertz CT molecular complexity index is 146. The maximum Gasteiger partial charge on any atom is 0.238 e. The average Bonchev–Trinajstić information content (AvgIpc) is 2.35. The molecular formula is C7H16ClN3O. The molecule has 12 heavy (non-hydrogen) atoms. The molecule has 0 aromatic rings. The molecule has 1 saturated heterocycles. The number of carbonyl (C=O) groups is 1. The third-order valence-corrected chi connectivity index (χ3v) is 1.66. The summed E-state index contributed by atoms with van der Waals surface area (Å²) < 4.78 is 0. The number of hydrogen-bond donors (Lipinski definition) is 2. The second kappa shape index (κ2) is 5.35. The van der Waals surface area contributed by atoms with Gasteiger partial charge in [-0.1, -0.05) is 0 Å². The summed E-state index contributed by atoms with van der Waals surface area (Å²) in [5.74, 6) is 0.109. The fourth-order valence-electron chi connectivity index (χ4n) is 1.13. The number of rotatable bonds is 2. The lowest BCUT2D eigenvalue weighted by molar-refractivity contribution is -0.132. The van der Waals surface area contributed by atoms with Crippen LogP contribution in [-0.4, -0.2) is 30.0 Å². The van der Waals surface area contributed by atoms with Crippen LogP contribution in [0.4, 0.5) is 0 Å². The summed E-state index contributed by atoms with van der Waals surface area (Å²) in [6.07, 6.45) is 1.48. The predicted octanol–water partition coefficient (Wildman–Crippen LogP) is -0.118. The highest BCUT2D eigenvalue weighted by atomic mass is 35.5. The fraction of sp³-hybridized carbons (Fsp3) is 0.857. The van der Waals surface area contributed by atoms with E-state index in [0.717, 1.165) is 19.5 Å². The zero-order valence-corrected chi connectivity index (χ0v) is 8.06. The minimum Gasteiger partial charge on any atom is -0.327 e. The number of hydrogen-bond acceptors (Lipinski definition) is 3. The minimum absolute atomic E-state index is 0. The number of nitrogens with one attached hydrogen (secondary N) is 1. The molecule has 1 atom stereocenters. The molecule has 0 aromatic heterocycles. The molecule has 3 N–H and O–H groups in total. The first kappa shape index (κ1) is 11.7. The van der Waals surface area contributed by atoms with Crippen molar-refractivity contribution in [1.82, 2.24) is 10.4 Å². The standard InChI is InChI=1S/C7H15N3O.ClH/c1-6(8)5-7(11)10-4-2-3-9-10;/h6,9H,2-5,8H2,1H3;1H. The molecule has 0 bridgehead atoms. The number of nitrogens with two attached hydrogens (primary N) is 1. The van der Waals surface area contributed by atoms with Gasteiger partial charge in [-0.3, -0.25) is 9.80 Å². The number of hydrazine groups is 1. The van der Waals surface area contributed by atoms with Crippen LogP contribution in [0.15, 0.2) is 0 Å². The van der Waals surface area contributed by atoms with Crippen molar-refractivity contribution < 1.29 is 4.79 Å². The van der Waals surface area contributed by atoms with Crippen LogP contribution in [0, 0.1) is 0 Å². The van der Waals surface area contributed by atoms with Gasteiger partial charge in [0.05, 0.1) is 0 Å². The van der Waals surface area contributed by atoms with Gasteiger partial charge in [-0.25, -0.2) is 5.43 Å². The van der Waals surface area contributed by atoms with Crippen LogP contribution >= 0.6 is 12.4 Å². The summed E-state index contributed by atoms with van der Waals surface area (Å²) in [5, 5.41) is 1.66. The van der Waals surface area contributed by atoms with E-state index >= 15 is 0 Å². The minimum atomic E-state index is -0.0371. The molecule has 1 unspecified atom stereocenters. The van der Waals surface area contributed by atoms with Gasteiger partial charge in [-0.15, -0.1) is 12.4 Å². The van der Waals surface area contributed by atoms with Gasteiger partial charge in [0.15, 0.2) is 0 Å². The molecule has 1 aliphatic rings. The van der Waals surface area contributed by atoms with Crippen molar-refractivity contribution in [1.29, 1.82) is 0 Å². The van der Waals surface area contributed by atoms with E-state index in [2.05, 4.69) is 5.43 Å². The highest BCUT2D eigenvalue weighted by Gasteiger charge is 2.17. The second-order valence-corrected chi connectivity index (χ2v) is 2.99. The van der Waals surface area contributed by atoms with Crippen LogP contribution in [-0.2, 0) is 4.79 Å². The first-order valence-electron chi connectivity index (χ1n) is 3.99. The van der Waals surface area contributed by atoms with Crippen LogP contribution in [0.2, 0.25) is 0 Å². The molecule has 0 aliphatic carbocycles. The normalized spacial score (nSPS) is 18.7. The highest BCUT2D eigenvalue weighted by molar-refractivity contribution is 5.85. The van der Waals surface area contributed by atoms with E-state index in [1.165, 1.54) is 0 Å². The molecule has 0 saturated carbocycles. The quantitative estimate of drug-likeness (QED) is 0.643. The van der Waals surface area contributed by atoms with Gasteiger partial charge in [0.1, 0.15) is 0 Å². The van der Waals surface area contributed by atoms with E-state index < -0.39 is 0 Å². The largest absolute Gasteiger partial charge is 0.327 e. The Morgan fingerprint density at radius 1 is 1.75 bits per heavy atom. The van der Waals surface area contributed by atoms with Crippen molar-refractivity contribution in [2.24, 2.45) is 5.73 Å². The number of nitrogens with zero attached hydrogens (tertiary/aromatic N) is 1. The number of carbonyl (C=O) groups excluding carboxylic acids is 1. The zero-order valence-electron chi connectivity index (χ0n) is 7.25. The first-order valence-corrected chi connectivity index (χ1v) is 3.99. The van der Waals surface area contributed by atoms with Crippen LogP contribution in [0.1, 0.15) is 19.8 Å². The summed E-state index contributed by atoms with van der Waals surface area (Å²) in [6, 6.07) is -0.0371. The Morgan fingerprint density at radius 2 is 2.42 bits per heavy atom. The molecule has 5 heteroatoms. The van der Waals surface area contributed by atoms with Crippen LogP contribution in [0.3, 0.4) is 0 Å². The van der Waals surface area contributed by atoms with E-state index in [9.17, 15) is 4.79 Å². The van der Waals surface area contributed by atoms with Crippen molar-refractivity contribution in [3.8, 4) is 0 Å². The zero-order chi connectivity index (χ0) is 8.27. The highest BCUT2D eigenvalue weighted by Crippen LogP contribution is 2.00. The summed E-state index contributed by atoms with van der Waals surface area (Å²) in [6.45, 7) is 3.57. The maximum atomic E-state index is 11.2. The summed E-state index contributed by atoms with van der Waals surface area (Å²) >= 11 is 0. The average molecular weight is 194 g/mol. The Balaban J connectivity index is 0.00000121. The Labute approximate surface area is 78.9 Å². The molecule has 1 aliphatic heterocycles. The van der Waals surface area contributed by atoms with Gasteiger partial charge in [0, 0.05) is 25.6 Å². The second-order valence-electron chi connectivity index (χ2n) is 2.99. The van der Waals surface area contributed by atoms with Gasteiger partial charge < -0.3 is 5.73 Å². The molecule has 1 heterocycles. The molecule has 0 aromatic carbocycles. The topological polar surface area (TPSA) is 58.4 Å².